The van der Waals surface area contributed by atoms with E-state index in [4.69, 9.17) is 5.73 Å². The van der Waals surface area contributed by atoms with Gasteiger partial charge in [0.1, 0.15) is 0 Å². The zero-order valence-electron chi connectivity index (χ0n) is 14.5. The van der Waals surface area contributed by atoms with E-state index in [1.54, 1.807) is 4.90 Å². The number of nitrogens with zero attached hydrogens (tertiary/aromatic N) is 1. The van der Waals surface area contributed by atoms with Crippen LogP contribution in [-0.4, -0.2) is 30.4 Å². The summed E-state index contributed by atoms with van der Waals surface area (Å²) >= 11 is 0. The first-order valence-corrected chi connectivity index (χ1v) is 8.88. The highest BCUT2D eigenvalue weighted by Crippen LogP contribution is 2.29. The Balaban J connectivity index is 1.64. The van der Waals surface area contributed by atoms with Crippen molar-refractivity contribution in [1.82, 2.24) is 5.32 Å². The number of carbonyl (C=O) groups excluding carboxylic acids is 2. The average Bonchev–Trinajstić information content (AvgIpc) is 2.94. The summed E-state index contributed by atoms with van der Waals surface area (Å²) in [4.78, 5) is 26.7. The maximum atomic E-state index is 12.5. The Labute approximate surface area is 143 Å². The van der Waals surface area contributed by atoms with Crippen LogP contribution in [0, 0.1) is 19.8 Å². The summed E-state index contributed by atoms with van der Waals surface area (Å²) in [5.41, 5.74) is 9.11. The van der Waals surface area contributed by atoms with Crippen LogP contribution in [0.2, 0.25) is 0 Å². The third-order valence-corrected chi connectivity index (χ3v) is 5.48. The summed E-state index contributed by atoms with van der Waals surface area (Å²) in [5.74, 6) is -0.209. The van der Waals surface area contributed by atoms with Crippen LogP contribution in [0.5, 0.6) is 0 Å². The standard InChI is InChI=1S/C19H27N3O2/c1-12-4-3-5-17(13(12)2)22-11-14(10-18(22)23)19(24)21-16-8-6-15(20)7-9-16/h3-5,14-16H,6-11,20H2,1-2H3,(H,21,24). The summed E-state index contributed by atoms with van der Waals surface area (Å²) in [6.07, 6.45) is 4.10. The van der Waals surface area contributed by atoms with Crippen LogP contribution in [0.3, 0.4) is 0 Å². The lowest BCUT2D eigenvalue weighted by Gasteiger charge is -2.27. The van der Waals surface area contributed by atoms with Crippen molar-refractivity contribution in [2.75, 3.05) is 11.4 Å². The van der Waals surface area contributed by atoms with Crippen molar-refractivity contribution in [2.24, 2.45) is 11.7 Å². The number of nitrogens with one attached hydrogen (secondary N) is 1. The quantitative estimate of drug-likeness (QED) is 0.891. The van der Waals surface area contributed by atoms with Gasteiger partial charge in [0.2, 0.25) is 11.8 Å². The molecule has 1 aromatic rings. The molecule has 5 nitrogen and oxygen atoms in total. The van der Waals surface area contributed by atoms with Crippen molar-refractivity contribution in [1.29, 1.82) is 0 Å². The minimum absolute atomic E-state index is 0.0108. The molecule has 1 aliphatic carbocycles. The molecule has 2 fully saturated rings. The smallest absolute Gasteiger partial charge is 0.227 e. The predicted octanol–water partition coefficient (Wildman–Crippen LogP) is 2.04. The summed E-state index contributed by atoms with van der Waals surface area (Å²) in [5, 5.41) is 3.13. The first-order valence-electron chi connectivity index (χ1n) is 8.88. The van der Waals surface area contributed by atoms with Gasteiger partial charge < -0.3 is 16.0 Å². The van der Waals surface area contributed by atoms with Crippen molar-refractivity contribution in [3.63, 3.8) is 0 Å². The molecule has 0 radical (unpaired) electrons. The van der Waals surface area contributed by atoms with Crippen molar-refractivity contribution in [3.05, 3.63) is 29.3 Å². The molecule has 1 atom stereocenters. The van der Waals surface area contributed by atoms with Gasteiger partial charge in [0.25, 0.3) is 0 Å². The van der Waals surface area contributed by atoms with E-state index in [1.165, 1.54) is 0 Å². The maximum absolute atomic E-state index is 12.5. The van der Waals surface area contributed by atoms with Gasteiger partial charge in [-0.15, -0.1) is 0 Å². The minimum atomic E-state index is -0.256. The molecule has 2 aliphatic rings. The summed E-state index contributed by atoms with van der Waals surface area (Å²) in [7, 11) is 0. The Morgan fingerprint density at radius 1 is 1.21 bits per heavy atom. The largest absolute Gasteiger partial charge is 0.353 e. The van der Waals surface area contributed by atoms with E-state index < -0.39 is 0 Å². The molecule has 0 bridgehead atoms. The van der Waals surface area contributed by atoms with Crippen molar-refractivity contribution >= 4 is 17.5 Å². The number of hydrogen-bond donors (Lipinski definition) is 2. The number of rotatable bonds is 3. The number of carbonyl (C=O) groups is 2. The van der Waals surface area contributed by atoms with E-state index in [0.717, 1.165) is 42.5 Å². The first-order chi connectivity index (χ1) is 11.5. The van der Waals surface area contributed by atoms with Gasteiger partial charge in [0.15, 0.2) is 0 Å². The van der Waals surface area contributed by atoms with Gasteiger partial charge >= 0.3 is 0 Å². The van der Waals surface area contributed by atoms with Gasteiger partial charge in [-0.05, 0) is 56.7 Å². The molecule has 5 heteroatoms. The molecule has 1 heterocycles. The van der Waals surface area contributed by atoms with E-state index in [0.29, 0.717) is 13.0 Å². The number of hydrogen-bond acceptors (Lipinski definition) is 3. The third kappa shape index (κ3) is 3.46. The Morgan fingerprint density at radius 2 is 1.92 bits per heavy atom. The van der Waals surface area contributed by atoms with Crippen LogP contribution >= 0.6 is 0 Å². The molecule has 2 amide bonds. The van der Waals surface area contributed by atoms with Gasteiger partial charge in [-0.1, -0.05) is 12.1 Å². The average molecular weight is 329 g/mol. The molecule has 1 aliphatic heterocycles. The number of nitrogens with two attached hydrogens (primary N) is 1. The zero-order chi connectivity index (χ0) is 17.3. The molecule has 24 heavy (non-hydrogen) atoms. The molecule has 3 N–H and O–H groups in total. The summed E-state index contributed by atoms with van der Waals surface area (Å²) in [6.45, 7) is 4.54. The Hall–Kier alpha value is -1.88. The van der Waals surface area contributed by atoms with Crippen LogP contribution in [-0.2, 0) is 9.59 Å². The first kappa shape index (κ1) is 17.0. The second kappa shape index (κ2) is 6.93. The van der Waals surface area contributed by atoms with Crippen molar-refractivity contribution < 1.29 is 9.59 Å². The van der Waals surface area contributed by atoms with E-state index in [9.17, 15) is 9.59 Å². The van der Waals surface area contributed by atoms with Crippen LogP contribution in [0.15, 0.2) is 18.2 Å². The van der Waals surface area contributed by atoms with Gasteiger partial charge in [-0.3, -0.25) is 9.59 Å². The fourth-order valence-corrected chi connectivity index (χ4v) is 3.73. The molecule has 1 aromatic carbocycles. The molecular weight excluding hydrogens is 302 g/mol. The van der Waals surface area contributed by atoms with Gasteiger partial charge in [-0.2, -0.15) is 0 Å². The fraction of sp³-hybridized carbons (Fsp3) is 0.579. The molecule has 0 spiro atoms. The minimum Gasteiger partial charge on any atom is -0.353 e. The molecule has 130 valence electrons. The summed E-state index contributed by atoms with van der Waals surface area (Å²) in [6, 6.07) is 6.44. The monoisotopic (exact) mass is 329 g/mol. The Bertz CT molecular complexity index is 635. The van der Waals surface area contributed by atoms with Crippen molar-refractivity contribution in [3.8, 4) is 0 Å². The SMILES string of the molecule is Cc1cccc(N2CC(C(=O)NC3CCC(N)CC3)CC2=O)c1C. The second-order valence-electron chi connectivity index (χ2n) is 7.24. The highest BCUT2D eigenvalue weighted by atomic mass is 16.2. The van der Waals surface area contributed by atoms with Crippen LogP contribution in [0.25, 0.3) is 0 Å². The predicted molar refractivity (Wildman–Crippen MR) is 94.8 cm³/mol. The fourth-order valence-electron chi connectivity index (χ4n) is 3.73. The van der Waals surface area contributed by atoms with E-state index in [2.05, 4.69) is 5.32 Å². The molecule has 0 aromatic heterocycles. The van der Waals surface area contributed by atoms with Crippen LogP contribution in [0.4, 0.5) is 5.69 Å². The third-order valence-electron chi connectivity index (χ3n) is 5.48. The van der Waals surface area contributed by atoms with E-state index in [1.807, 2.05) is 32.0 Å². The van der Waals surface area contributed by atoms with E-state index in [-0.39, 0.29) is 29.8 Å². The number of aryl methyl sites for hydroxylation is 1. The Kier molecular flexibility index (Phi) is 4.90. The molecular formula is C19H27N3O2. The second-order valence-corrected chi connectivity index (χ2v) is 7.24. The lowest BCUT2D eigenvalue weighted by molar-refractivity contribution is -0.127. The van der Waals surface area contributed by atoms with Crippen LogP contribution < -0.4 is 16.0 Å². The van der Waals surface area contributed by atoms with Crippen LogP contribution in [0.1, 0.15) is 43.2 Å². The molecule has 1 saturated heterocycles. The summed E-state index contributed by atoms with van der Waals surface area (Å²) < 4.78 is 0. The zero-order valence-corrected chi connectivity index (χ0v) is 14.5. The maximum Gasteiger partial charge on any atom is 0.227 e. The topological polar surface area (TPSA) is 75.4 Å². The van der Waals surface area contributed by atoms with E-state index >= 15 is 0 Å². The van der Waals surface area contributed by atoms with Crippen molar-refractivity contribution in [2.45, 2.75) is 58.0 Å². The molecule has 1 saturated carbocycles. The normalized spacial score (nSPS) is 27.4. The number of benzene rings is 1. The molecule has 3 rings (SSSR count). The van der Waals surface area contributed by atoms with Gasteiger partial charge in [0, 0.05) is 30.7 Å². The Morgan fingerprint density at radius 3 is 2.62 bits per heavy atom. The van der Waals surface area contributed by atoms with Gasteiger partial charge in [-0.25, -0.2) is 0 Å². The highest BCUT2D eigenvalue weighted by molar-refractivity contribution is 6.01. The number of anilines is 1. The highest BCUT2D eigenvalue weighted by Gasteiger charge is 2.36. The lowest BCUT2D eigenvalue weighted by Crippen LogP contribution is -2.43. The van der Waals surface area contributed by atoms with Gasteiger partial charge in [0.05, 0.1) is 5.92 Å². The molecule has 1 unspecified atom stereocenters. The lowest BCUT2D eigenvalue weighted by atomic mass is 9.91. The number of amides is 2.